The van der Waals surface area contributed by atoms with Crippen LogP contribution < -0.4 is 0 Å². The summed E-state index contributed by atoms with van der Waals surface area (Å²) in [6, 6.07) is 9.45. The Morgan fingerprint density at radius 2 is 2.14 bits per heavy atom. The number of hydrogen-bond donors (Lipinski definition) is 0. The van der Waals surface area contributed by atoms with E-state index in [2.05, 4.69) is 10.0 Å². The van der Waals surface area contributed by atoms with E-state index in [1.165, 1.54) is 6.08 Å². The molecule has 0 heterocycles. The van der Waals surface area contributed by atoms with Crippen molar-refractivity contribution in [2.45, 2.75) is 0 Å². The quantitative estimate of drug-likeness (QED) is 0.309. The first-order valence-corrected chi connectivity index (χ1v) is 4.10. The minimum atomic E-state index is -0.202. The van der Waals surface area contributed by atoms with Gasteiger partial charge in [0.2, 0.25) is 0 Å². The molecule has 1 rings (SSSR count). The van der Waals surface area contributed by atoms with E-state index < -0.39 is 0 Å². The monoisotopic (exact) mass is 187 g/mol. The molecule has 4 nitrogen and oxygen atoms in total. The number of hydrogen-bond acceptors (Lipinski definition) is 2. The van der Waals surface area contributed by atoms with Crippen molar-refractivity contribution >= 4 is 11.9 Å². The van der Waals surface area contributed by atoms with Gasteiger partial charge in [0, 0.05) is 4.91 Å². The average Bonchev–Trinajstić information content (AvgIpc) is 2.25. The molecule has 0 amide bonds. The molecule has 4 heteroatoms. The number of carbonyl (C=O) groups is 1. The van der Waals surface area contributed by atoms with Crippen molar-refractivity contribution in [3.63, 3.8) is 0 Å². The number of nitrogens with zero attached hydrogens (tertiary/aromatic N) is 3. The summed E-state index contributed by atoms with van der Waals surface area (Å²) in [7, 11) is 0. The normalized spacial score (nSPS) is 9.71. The molecule has 0 unspecified atom stereocenters. The molecular formula is C10H9N3O. The van der Waals surface area contributed by atoms with Crippen LogP contribution in [0.4, 0.5) is 0 Å². The lowest BCUT2D eigenvalue weighted by atomic mass is 10.2. The van der Waals surface area contributed by atoms with Crippen LogP contribution >= 0.6 is 0 Å². The molecule has 0 aliphatic heterocycles. The lowest BCUT2D eigenvalue weighted by Gasteiger charge is -1.89. The number of benzene rings is 1. The third-order valence-corrected chi connectivity index (χ3v) is 1.55. The zero-order chi connectivity index (χ0) is 10.2. The molecule has 0 fully saturated rings. The fourth-order valence-corrected chi connectivity index (χ4v) is 0.907. The lowest BCUT2D eigenvalue weighted by molar-refractivity contribution is -0.113. The van der Waals surface area contributed by atoms with Crippen molar-refractivity contribution in [1.82, 2.24) is 0 Å². The summed E-state index contributed by atoms with van der Waals surface area (Å²) in [6.45, 7) is -0.125. The van der Waals surface area contributed by atoms with E-state index in [-0.39, 0.29) is 12.3 Å². The Morgan fingerprint density at radius 3 is 2.79 bits per heavy atom. The van der Waals surface area contributed by atoms with Gasteiger partial charge in [-0.15, -0.1) is 0 Å². The van der Waals surface area contributed by atoms with E-state index in [4.69, 9.17) is 5.53 Å². The van der Waals surface area contributed by atoms with Gasteiger partial charge in [-0.2, -0.15) is 0 Å². The molecule has 1 aromatic rings. The molecule has 14 heavy (non-hydrogen) atoms. The highest BCUT2D eigenvalue weighted by atomic mass is 16.1. The highest BCUT2D eigenvalue weighted by Crippen LogP contribution is 2.00. The van der Waals surface area contributed by atoms with E-state index in [1.807, 2.05) is 30.3 Å². The van der Waals surface area contributed by atoms with Crippen molar-refractivity contribution in [3.8, 4) is 0 Å². The Hall–Kier alpha value is -2.06. The summed E-state index contributed by atoms with van der Waals surface area (Å²) >= 11 is 0. The van der Waals surface area contributed by atoms with E-state index in [0.29, 0.717) is 0 Å². The van der Waals surface area contributed by atoms with Crippen molar-refractivity contribution < 1.29 is 4.79 Å². The second-order valence-electron chi connectivity index (χ2n) is 2.60. The van der Waals surface area contributed by atoms with Crippen LogP contribution in [0.5, 0.6) is 0 Å². The molecule has 0 atom stereocenters. The zero-order valence-electron chi connectivity index (χ0n) is 7.50. The van der Waals surface area contributed by atoms with Gasteiger partial charge in [-0.1, -0.05) is 41.5 Å². The third-order valence-electron chi connectivity index (χ3n) is 1.55. The average molecular weight is 187 g/mol. The van der Waals surface area contributed by atoms with Crippen LogP contribution in [0.2, 0.25) is 0 Å². The number of rotatable bonds is 4. The van der Waals surface area contributed by atoms with Crippen LogP contribution in [0.1, 0.15) is 5.56 Å². The van der Waals surface area contributed by atoms with Crippen LogP contribution in [0, 0.1) is 0 Å². The molecule has 70 valence electrons. The lowest BCUT2D eigenvalue weighted by Crippen LogP contribution is -1.95. The van der Waals surface area contributed by atoms with Gasteiger partial charge >= 0.3 is 0 Å². The van der Waals surface area contributed by atoms with Gasteiger partial charge in [-0.05, 0) is 17.2 Å². The Balaban J connectivity index is 2.56. The molecular weight excluding hydrogens is 178 g/mol. The summed E-state index contributed by atoms with van der Waals surface area (Å²) in [4.78, 5) is 13.5. The maximum Gasteiger partial charge on any atom is 0.161 e. The van der Waals surface area contributed by atoms with Gasteiger partial charge < -0.3 is 0 Å². The minimum Gasteiger partial charge on any atom is -0.295 e. The molecule has 0 aliphatic carbocycles. The fourth-order valence-electron chi connectivity index (χ4n) is 0.907. The topological polar surface area (TPSA) is 65.8 Å². The Kier molecular flexibility index (Phi) is 3.98. The maximum atomic E-state index is 11.0. The molecule has 0 bridgehead atoms. The molecule has 0 saturated heterocycles. The zero-order valence-corrected chi connectivity index (χ0v) is 7.50. The second-order valence-corrected chi connectivity index (χ2v) is 2.60. The van der Waals surface area contributed by atoms with Crippen LogP contribution in [0.15, 0.2) is 41.5 Å². The van der Waals surface area contributed by atoms with Crippen LogP contribution in [-0.2, 0) is 4.79 Å². The van der Waals surface area contributed by atoms with Crippen molar-refractivity contribution in [2.24, 2.45) is 5.11 Å². The van der Waals surface area contributed by atoms with Crippen molar-refractivity contribution in [1.29, 1.82) is 0 Å². The van der Waals surface area contributed by atoms with Crippen molar-refractivity contribution in [2.75, 3.05) is 6.54 Å². The summed E-state index contributed by atoms with van der Waals surface area (Å²) < 4.78 is 0. The van der Waals surface area contributed by atoms with E-state index in [1.54, 1.807) is 6.08 Å². The van der Waals surface area contributed by atoms with Gasteiger partial charge in [-0.25, -0.2) is 0 Å². The first-order chi connectivity index (χ1) is 6.83. The number of carbonyl (C=O) groups excluding carboxylic acids is 1. The summed E-state index contributed by atoms with van der Waals surface area (Å²) in [5.74, 6) is -0.202. The summed E-state index contributed by atoms with van der Waals surface area (Å²) in [5.41, 5.74) is 8.93. The second kappa shape index (κ2) is 5.56. The molecule has 0 saturated carbocycles. The first-order valence-electron chi connectivity index (χ1n) is 4.10. The standard InChI is InChI=1S/C10H9N3O/c11-13-12-8-10(14)7-6-9-4-2-1-3-5-9/h1-7H,8H2. The SMILES string of the molecule is [N-]=[N+]=NCC(=O)C=Cc1ccccc1. The molecule has 0 radical (unpaired) electrons. The Morgan fingerprint density at radius 1 is 1.43 bits per heavy atom. The molecule has 0 aliphatic rings. The third kappa shape index (κ3) is 3.56. The molecule has 1 aromatic carbocycles. The summed E-state index contributed by atoms with van der Waals surface area (Å²) in [6.07, 6.45) is 3.10. The molecule has 0 spiro atoms. The smallest absolute Gasteiger partial charge is 0.161 e. The predicted molar refractivity (Wildman–Crippen MR) is 54.5 cm³/mol. The molecule has 0 N–H and O–H groups in total. The van der Waals surface area contributed by atoms with Crippen LogP contribution in [0.25, 0.3) is 16.5 Å². The Labute approximate surface area is 81.5 Å². The van der Waals surface area contributed by atoms with Crippen LogP contribution in [0.3, 0.4) is 0 Å². The number of ketones is 1. The van der Waals surface area contributed by atoms with Gasteiger partial charge in [0.05, 0.1) is 6.54 Å². The van der Waals surface area contributed by atoms with Gasteiger partial charge in [0.1, 0.15) is 0 Å². The number of azide groups is 1. The van der Waals surface area contributed by atoms with Gasteiger partial charge in [-0.3, -0.25) is 4.79 Å². The van der Waals surface area contributed by atoms with E-state index in [9.17, 15) is 4.79 Å². The van der Waals surface area contributed by atoms with Crippen molar-refractivity contribution in [3.05, 3.63) is 52.4 Å². The minimum absolute atomic E-state index is 0.125. The predicted octanol–water partition coefficient (Wildman–Crippen LogP) is 2.58. The van der Waals surface area contributed by atoms with Gasteiger partial charge in [0.15, 0.2) is 5.78 Å². The highest BCUT2D eigenvalue weighted by molar-refractivity contribution is 5.95. The maximum absolute atomic E-state index is 11.0. The van der Waals surface area contributed by atoms with Crippen LogP contribution in [-0.4, -0.2) is 12.3 Å². The highest BCUT2D eigenvalue weighted by Gasteiger charge is 1.92. The van der Waals surface area contributed by atoms with E-state index in [0.717, 1.165) is 5.56 Å². The largest absolute Gasteiger partial charge is 0.295 e. The fraction of sp³-hybridized carbons (Fsp3) is 0.100. The van der Waals surface area contributed by atoms with Gasteiger partial charge in [0.25, 0.3) is 0 Å². The summed E-state index contributed by atoms with van der Waals surface area (Å²) in [5, 5.41) is 3.16. The first kappa shape index (κ1) is 10.0. The molecule has 0 aromatic heterocycles. The van der Waals surface area contributed by atoms with E-state index >= 15 is 0 Å². The Bertz CT molecular complexity index is 378.